The molecule has 1 aliphatic rings. The number of nitrogens with zero attached hydrogens (tertiary/aromatic N) is 5. The molecule has 1 fully saturated rings. The van der Waals surface area contributed by atoms with Crippen LogP contribution < -0.4 is 15.1 Å². The highest BCUT2D eigenvalue weighted by Crippen LogP contribution is 2.28. The maximum absolute atomic E-state index is 13.5. The smallest absolute Gasteiger partial charge is 0.298 e. The molecule has 194 valence electrons. The number of aryl methyl sites for hydroxylation is 2. The predicted molar refractivity (Wildman–Crippen MR) is 146 cm³/mol. The molecule has 9 heteroatoms. The van der Waals surface area contributed by atoms with Crippen molar-refractivity contribution in [1.82, 2.24) is 14.5 Å². The average molecular weight is 513 g/mol. The number of piperazine rings is 1. The SMILES string of the molecule is Cc1nc(N2CCN(c3ccc(NC(=O)C(=O)c4c(-c5ccccc5)cc(C)n4C)cc3)CC2)ncc1F. The van der Waals surface area contributed by atoms with E-state index in [2.05, 4.69) is 20.2 Å². The molecule has 3 heterocycles. The van der Waals surface area contributed by atoms with E-state index in [1.54, 1.807) is 30.7 Å². The molecule has 0 saturated carbocycles. The van der Waals surface area contributed by atoms with Crippen LogP contribution >= 0.6 is 0 Å². The van der Waals surface area contributed by atoms with Gasteiger partial charge in [0.2, 0.25) is 5.95 Å². The van der Waals surface area contributed by atoms with Crippen molar-refractivity contribution in [1.29, 1.82) is 0 Å². The topological polar surface area (TPSA) is 83.4 Å². The van der Waals surface area contributed by atoms with Crippen LogP contribution in [0.5, 0.6) is 0 Å². The monoisotopic (exact) mass is 512 g/mol. The summed E-state index contributed by atoms with van der Waals surface area (Å²) in [6, 6.07) is 19.0. The normalized spacial score (nSPS) is 13.5. The number of rotatable bonds is 6. The Hall–Kier alpha value is -4.53. The second-order valence-electron chi connectivity index (χ2n) is 9.38. The van der Waals surface area contributed by atoms with E-state index in [1.165, 1.54) is 6.20 Å². The van der Waals surface area contributed by atoms with Gasteiger partial charge in [-0.3, -0.25) is 9.59 Å². The first kappa shape index (κ1) is 25.1. The molecule has 1 aliphatic heterocycles. The highest BCUT2D eigenvalue weighted by atomic mass is 19.1. The Morgan fingerprint density at radius 3 is 2.24 bits per heavy atom. The lowest BCUT2D eigenvalue weighted by molar-refractivity contribution is -0.112. The second-order valence-corrected chi connectivity index (χ2v) is 9.38. The van der Waals surface area contributed by atoms with Crippen LogP contribution in [-0.4, -0.2) is 52.4 Å². The van der Waals surface area contributed by atoms with Crippen molar-refractivity contribution in [3.8, 4) is 11.1 Å². The van der Waals surface area contributed by atoms with E-state index in [9.17, 15) is 14.0 Å². The Kier molecular flexibility index (Phi) is 6.91. The molecule has 0 unspecified atom stereocenters. The van der Waals surface area contributed by atoms with E-state index in [1.807, 2.05) is 60.4 Å². The maximum Gasteiger partial charge on any atom is 0.298 e. The number of Topliss-reactive ketones (excluding diaryl/α,β-unsaturated/α-hetero) is 1. The number of hydrogen-bond acceptors (Lipinski definition) is 6. The van der Waals surface area contributed by atoms with Crippen molar-refractivity contribution >= 4 is 29.0 Å². The minimum absolute atomic E-state index is 0.340. The predicted octanol–water partition coefficient (Wildman–Crippen LogP) is 4.39. The van der Waals surface area contributed by atoms with Gasteiger partial charge in [-0.05, 0) is 49.7 Å². The van der Waals surface area contributed by atoms with Crippen molar-refractivity contribution in [2.24, 2.45) is 7.05 Å². The number of amides is 1. The Morgan fingerprint density at radius 1 is 0.921 bits per heavy atom. The fourth-order valence-electron chi connectivity index (χ4n) is 4.65. The standard InChI is InChI=1S/C29H29FN6O2/c1-19-17-24(21-7-5-4-6-8-21)26(34(19)3)27(37)28(38)33-22-9-11-23(12-10-22)35-13-15-36(16-14-35)29-31-18-25(30)20(2)32-29/h4-12,17-18H,13-16H2,1-3H3,(H,33,38). The number of anilines is 3. The summed E-state index contributed by atoms with van der Waals surface area (Å²) in [5, 5.41) is 2.75. The number of ketones is 1. The van der Waals surface area contributed by atoms with Crippen LogP contribution in [0.2, 0.25) is 0 Å². The molecule has 2 aromatic carbocycles. The summed E-state index contributed by atoms with van der Waals surface area (Å²) in [5.74, 6) is -1.14. The molecule has 2 aromatic heterocycles. The van der Waals surface area contributed by atoms with Gasteiger partial charge in [-0.2, -0.15) is 0 Å². The van der Waals surface area contributed by atoms with E-state index in [-0.39, 0.29) is 0 Å². The van der Waals surface area contributed by atoms with Gasteiger partial charge in [-0.25, -0.2) is 14.4 Å². The third-order valence-corrected chi connectivity index (χ3v) is 6.94. The molecule has 4 aromatic rings. The third-order valence-electron chi connectivity index (χ3n) is 6.94. The van der Waals surface area contributed by atoms with Crippen molar-refractivity contribution in [2.75, 3.05) is 41.3 Å². The first-order chi connectivity index (χ1) is 18.3. The minimum Gasteiger partial charge on any atom is -0.368 e. The zero-order valence-electron chi connectivity index (χ0n) is 21.6. The zero-order chi connectivity index (χ0) is 26.8. The number of aromatic nitrogens is 3. The van der Waals surface area contributed by atoms with Gasteiger partial charge in [0.15, 0.2) is 5.82 Å². The summed E-state index contributed by atoms with van der Waals surface area (Å²) >= 11 is 0. The van der Waals surface area contributed by atoms with Crippen LogP contribution in [0.1, 0.15) is 21.9 Å². The molecule has 38 heavy (non-hydrogen) atoms. The van der Waals surface area contributed by atoms with Gasteiger partial charge in [0.1, 0.15) is 5.69 Å². The van der Waals surface area contributed by atoms with Gasteiger partial charge in [0.05, 0.1) is 11.9 Å². The van der Waals surface area contributed by atoms with Gasteiger partial charge in [0, 0.05) is 55.9 Å². The van der Waals surface area contributed by atoms with Gasteiger partial charge < -0.3 is 19.7 Å². The lowest BCUT2D eigenvalue weighted by Gasteiger charge is -2.36. The number of halogens is 1. The molecule has 1 amide bonds. The van der Waals surface area contributed by atoms with E-state index >= 15 is 0 Å². The highest BCUT2D eigenvalue weighted by molar-refractivity contribution is 6.47. The van der Waals surface area contributed by atoms with Crippen LogP contribution in [0, 0.1) is 19.7 Å². The molecular weight excluding hydrogens is 483 g/mol. The molecule has 0 radical (unpaired) electrons. The average Bonchev–Trinajstić information content (AvgIpc) is 3.24. The quantitative estimate of drug-likeness (QED) is 0.305. The summed E-state index contributed by atoms with van der Waals surface area (Å²) in [6.07, 6.45) is 1.21. The summed E-state index contributed by atoms with van der Waals surface area (Å²) < 4.78 is 15.3. The first-order valence-electron chi connectivity index (χ1n) is 12.5. The molecule has 0 aliphatic carbocycles. The minimum atomic E-state index is -0.681. The van der Waals surface area contributed by atoms with Crippen molar-refractivity contribution in [3.63, 3.8) is 0 Å². The molecule has 0 atom stereocenters. The van der Waals surface area contributed by atoms with Gasteiger partial charge in [0.25, 0.3) is 11.7 Å². The second kappa shape index (κ2) is 10.5. The van der Waals surface area contributed by atoms with Crippen molar-refractivity contribution in [3.05, 3.63) is 89.8 Å². The Labute approximate surface area is 220 Å². The first-order valence-corrected chi connectivity index (χ1v) is 12.5. The van der Waals surface area contributed by atoms with E-state index in [0.717, 1.165) is 35.6 Å². The summed E-state index contributed by atoms with van der Waals surface area (Å²) in [5.41, 5.74) is 4.78. The fraction of sp³-hybridized carbons (Fsp3) is 0.241. The van der Waals surface area contributed by atoms with Crippen LogP contribution in [-0.2, 0) is 11.8 Å². The molecule has 1 N–H and O–H groups in total. The number of carbonyl (C=O) groups is 2. The molecule has 8 nitrogen and oxygen atoms in total. The van der Waals surface area contributed by atoms with Crippen LogP contribution in [0.3, 0.4) is 0 Å². The summed E-state index contributed by atoms with van der Waals surface area (Å²) in [6.45, 7) is 6.45. The van der Waals surface area contributed by atoms with Crippen molar-refractivity contribution < 1.29 is 14.0 Å². The molecule has 0 spiro atoms. The van der Waals surface area contributed by atoms with E-state index in [4.69, 9.17) is 0 Å². The van der Waals surface area contributed by atoms with E-state index < -0.39 is 17.5 Å². The van der Waals surface area contributed by atoms with Gasteiger partial charge in [-0.1, -0.05) is 30.3 Å². The lowest BCUT2D eigenvalue weighted by atomic mass is 10.0. The Morgan fingerprint density at radius 2 is 1.58 bits per heavy atom. The van der Waals surface area contributed by atoms with Gasteiger partial charge >= 0.3 is 0 Å². The number of benzene rings is 2. The molecule has 1 saturated heterocycles. The maximum atomic E-state index is 13.5. The fourth-order valence-corrected chi connectivity index (χ4v) is 4.65. The number of nitrogens with one attached hydrogen (secondary N) is 1. The third kappa shape index (κ3) is 5.00. The largest absolute Gasteiger partial charge is 0.368 e. The highest BCUT2D eigenvalue weighted by Gasteiger charge is 2.25. The van der Waals surface area contributed by atoms with E-state index in [0.29, 0.717) is 36.1 Å². The zero-order valence-corrected chi connectivity index (χ0v) is 21.6. The molecular formula is C29H29FN6O2. The van der Waals surface area contributed by atoms with Crippen LogP contribution in [0.4, 0.5) is 21.7 Å². The number of carbonyl (C=O) groups excluding carboxylic acids is 2. The van der Waals surface area contributed by atoms with Gasteiger partial charge in [-0.15, -0.1) is 0 Å². The van der Waals surface area contributed by atoms with Crippen LogP contribution in [0.25, 0.3) is 11.1 Å². The Balaban J connectivity index is 1.23. The summed E-state index contributed by atoms with van der Waals surface area (Å²) in [7, 11) is 1.79. The van der Waals surface area contributed by atoms with Crippen molar-refractivity contribution in [2.45, 2.75) is 13.8 Å². The molecule has 0 bridgehead atoms. The molecule has 5 rings (SSSR count). The summed E-state index contributed by atoms with van der Waals surface area (Å²) in [4.78, 5) is 38.8. The number of hydrogen-bond donors (Lipinski definition) is 1. The lowest BCUT2D eigenvalue weighted by Crippen LogP contribution is -2.47. The van der Waals surface area contributed by atoms with Crippen LogP contribution in [0.15, 0.2) is 66.9 Å². The Bertz CT molecular complexity index is 1480.